The van der Waals surface area contributed by atoms with Crippen molar-refractivity contribution in [1.82, 2.24) is 0 Å². The van der Waals surface area contributed by atoms with E-state index in [9.17, 15) is 14.9 Å². The molecule has 5 nitrogen and oxygen atoms in total. The second-order valence-corrected chi connectivity index (χ2v) is 2.92. The van der Waals surface area contributed by atoms with E-state index in [0.29, 0.717) is 0 Å². The SMILES string of the molecule is CCOC(=O)/C(=C/C(C)CC)[N+](=O)[O-]. The number of carbonyl (C=O) groups is 1. The molecule has 0 aliphatic rings. The predicted molar refractivity (Wildman–Crippen MR) is 51.2 cm³/mol. The van der Waals surface area contributed by atoms with E-state index in [-0.39, 0.29) is 12.5 Å². The van der Waals surface area contributed by atoms with Gasteiger partial charge in [-0.3, -0.25) is 10.1 Å². The molecule has 0 N–H and O–H groups in total. The van der Waals surface area contributed by atoms with Gasteiger partial charge in [-0.05, 0) is 19.3 Å². The number of ether oxygens (including phenoxy) is 1. The minimum Gasteiger partial charge on any atom is -0.458 e. The third kappa shape index (κ3) is 4.02. The summed E-state index contributed by atoms with van der Waals surface area (Å²) in [6, 6.07) is 0. The standard InChI is InChI=1S/C9H15NO4/c1-4-7(3)6-8(10(12)13)9(11)14-5-2/h6-7H,4-5H2,1-3H3/b8-6-. The van der Waals surface area contributed by atoms with Gasteiger partial charge in [-0.25, -0.2) is 4.79 Å². The molecular formula is C9H15NO4. The molecule has 0 saturated heterocycles. The maximum Gasteiger partial charge on any atom is 0.409 e. The number of nitro groups is 1. The molecule has 0 spiro atoms. The van der Waals surface area contributed by atoms with E-state index in [2.05, 4.69) is 4.74 Å². The molecule has 1 unspecified atom stereocenters. The number of carbonyl (C=O) groups excluding carboxylic acids is 1. The minimum absolute atomic E-state index is 0.000180. The lowest BCUT2D eigenvalue weighted by Crippen LogP contribution is -2.15. The zero-order chi connectivity index (χ0) is 11.1. The summed E-state index contributed by atoms with van der Waals surface area (Å²) >= 11 is 0. The first-order valence-electron chi connectivity index (χ1n) is 4.56. The Balaban J connectivity index is 4.67. The highest BCUT2D eigenvalue weighted by atomic mass is 16.6. The first-order chi connectivity index (χ1) is 6.52. The Morgan fingerprint density at radius 2 is 2.14 bits per heavy atom. The van der Waals surface area contributed by atoms with Crippen molar-refractivity contribution in [3.8, 4) is 0 Å². The van der Waals surface area contributed by atoms with Crippen LogP contribution < -0.4 is 0 Å². The van der Waals surface area contributed by atoms with Crippen LogP contribution in [0.25, 0.3) is 0 Å². The summed E-state index contributed by atoms with van der Waals surface area (Å²) in [6.07, 6.45) is 2.08. The molecule has 0 amide bonds. The van der Waals surface area contributed by atoms with Crippen LogP contribution in [0.2, 0.25) is 0 Å². The maximum absolute atomic E-state index is 11.1. The number of hydrogen-bond acceptors (Lipinski definition) is 4. The van der Waals surface area contributed by atoms with Crippen molar-refractivity contribution in [3.05, 3.63) is 21.9 Å². The molecule has 0 heterocycles. The Morgan fingerprint density at radius 3 is 2.50 bits per heavy atom. The predicted octanol–water partition coefficient (Wildman–Crippen LogP) is 1.76. The van der Waals surface area contributed by atoms with E-state index in [1.165, 1.54) is 6.08 Å². The van der Waals surface area contributed by atoms with Gasteiger partial charge in [0.25, 0.3) is 0 Å². The largest absolute Gasteiger partial charge is 0.458 e. The first-order valence-corrected chi connectivity index (χ1v) is 4.56. The van der Waals surface area contributed by atoms with Crippen LogP contribution in [-0.4, -0.2) is 17.5 Å². The van der Waals surface area contributed by atoms with Gasteiger partial charge in [-0.1, -0.05) is 13.8 Å². The molecular weight excluding hydrogens is 186 g/mol. The quantitative estimate of drug-likeness (QED) is 0.294. The van der Waals surface area contributed by atoms with Crippen molar-refractivity contribution in [2.24, 2.45) is 5.92 Å². The third-order valence-electron chi connectivity index (χ3n) is 1.77. The number of allylic oxidation sites excluding steroid dienone is 1. The van der Waals surface area contributed by atoms with Gasteiger partial charge >= 0.3 is 11.7 Å². The lowest BCUT2D eigenvalue weighted by Gasteiger charge is -2.02. The van der Waals surface area contributed by atoms with Crippen molar-refractivity contribution in [1.29, 1.82) is 0 Å². The van der Waals surface area contributed by atoms with E-state index in [1.807, 2.05) is 13.8 Å². The summed E-state index contributed by atoms with van der Waals surface area (Å²) in [6.45, 7) is 5.45. The van der Waals surface area contributed by atoms with Crippen molar-refractivity contribution in [2.75, 3.05) is 6.61 Å². The van der Waals surface area contributed by atoms with Crippen LogP contribution in [0.5, 0.6) is 0 Å². The van der Waals surface area contributed by atoms with Crippen molar-refractivity contribution >= 4 is 5.97 Å². The van der Waals surface area contributed by atoms with Crippen LogP contribution in [0.3, 0.4) is 0 Å². The second kappa shape index (κ2) is 6.12. The van der Waals surface area contributed by atoms with Crippen LogP contribution in [0.1, 0.15) is 27.2 Å². The summed E-state index contributed by atoms with van der Waals surface area (Å²) in [7, 11) is 0. The molecule has 0 fully saturated rings. The fraction of sp³-hybridized carbons (Fsp3) is 0.667. The lowest BCUT2D eigenvalue weighted by atomic mass is 10.1. The Hall–Kier alpha value is -1.39. The summed E-state index contributed by atoms with van der Waals surface area (Å²) < 4.78 is 4.56. The van der Waals surface area contributed by atoms with E-state index >= 15 is 0 Å². The van der Waals surface area contributed by atoms with Gasteiger partial charge in [0.05, 0.1) is 11.5 Å². The molecule has 0 aromatic carbocycles. The molecule has 0 aromatic heterocycles. The van der Waals surface area contributed by atoms with E-state index in [1.54, 1.807) is 6.92 Å². The summed E-state index contributed by atoms with van der Waals surface area (Å²) in [5, 5.41) is 10.5. The average molecular weight is 201 g/mol. The molecule has 14 heavy (non-hydrogen) atoms. The van der Waals surface area contributed by atoms with Crippen molar-refractivity contribution < 1.29 is 14.5 Å². The highest BCUT2D eigenvalue weighted by molar-refractivity contribution is 5.85. The Labute approximate surface area is 82.9 Å². The van der Waals surface area contributed by atoms with Gasteiger partial charge in [0.15, 0.2) is 0 Å². The number of hydrogen-bond donors (Lipinski definition) is 0. The molecule has 80 valence electrons. The number of esters is 1. The number of nitrogens with zero attached hydrogens (tertiary/aromatic N) is 1. The molecule has 0 aliphatic carbocycles. The van der Waals surface area contributed by atoms with Crippen LogP contribution in [0.15, 0.2) is 11.8 Å². The monoisotopic (exact) mass is 201 g/mol. The molecule has 5 heteroatoms. The Morgan fingerprint density at radius 1 is 1.57 bits per heavy atom. The van der Waals surface area contributed by atoms with Crippen LogP contribution in [0, 0.1) is 16.0 Å². The molecule has 1 atom stereocenters. The number of rotatable bonds is 5. The molecule has 0 aliphatic heterocycles. The van der Waals surface area contributed by atoms with Gasteiger partial charge in [0.1, 0.15) is 0 Å². The van der Waals surface area contributed by atoms with Crippen molar-refractivity contribution in [3.63, 3.8) is 0 Å². The molecule has 0 saturated carbocycles. The normalized spacial score (nSPS) is 13.5. The zero-order valence-corrected chi connectivity index (χ0v) is 8.65. The first kappa shape index (κ1) is 12.6. The van der Waals surface area contributed by atoms with Gasteiger partial charge in [0, 0.05) is 6.08 Å². The van der Waals surface area contributed by atoms with Crippen LogP contribution in [0.4, 0.5) is 0 Å². The summed E-state index contributed by atoms with van der Waals surface area (Å²) in [5.74, 6) is -0.863. The fourth-order valence-electron chi connectivity index (χ4n) is 0.796. The Bertz CT molecular complexity index is 247. The lowest BCUT2D eigenvalue weighted by molar-refractivity contribution is -0.421. The topological polar surface area (TPSA) is 69.4 Å². The molecule has 0 radical (unpaired) electrons. The van der Waals surface area contributed by atoms with E-state index < -0.39 is 16.6 Å². The molecule has 0 bridgehead atoms. The van der Waals surface area contributed by atoms with Crippen LogP contribution >= 0.6 is 0 Å². The highest BCUT2D eigenvalue weighted by Gasteiger charge is 2.23. The smallest absolute Gasteiger partial charge is 0.409 e. The molecule has 0 aromatic rings. The second-order valence-electron chi connectivity index (χ2n) is 2.92. The average Bonchev–Trinajstić information content (AvgIpc) is 2.13. The zero-order valence-electron chi connectivity index (χ0n) is 8.65. The maximum atomic E-state index is 11.1. The third-order valence-corrected chi connectivity index (χ3v) is 1.77. The van der Waals surface area contributed by atoms with Gasteiger partial charge in [0.2, 0.25) is 0 Å². The summed E-state index contributed by atoms with van der Waals surface area (Å²) in [5.41, 5.74) is -0.471. The van der Waals surface area contributed by atoms with Gasteiger partial charge in [-0.2, -0.15) is 0 Å². The highest BCUT2D eigenvalue weighted by Crippen LogP contribution is 2.09. The van der Waals surface area contributed by atoms with Crippen molar-refractivity contribution in [2.45, 2.75) is 27.2 Å². The van der Waals surface area contributed by atoms with E-state index in [0.717, 1.165) is 6.42 Å². The van der Waals surface area contributed by atoms with Crippen LogP contribution in [-0.2, 0) is 9.53 Å². The molecule has 0 rings (SSSR count). The van der Waals surface area contributed by atoms with Gasteiger partial charge in [-0.15, -0.1) is 0 Å². The van der Waals surface area contributed by atoms with Gasteiger partial charge < -0.3 is 4.74 Å². The summed E-state index contributed by atoms with van der Waals surface area (Å²) in [4.78, 5) is 20.9. The minimum atomic E-state index is -0.863. The fourth-order valence-corrected chi connectivity index (χ4v) is 0.796. The Kier molecular flexibility index (Phi) is 5.52. The van der Waals surface area contributed by atoms with E-state index in [4.69, 9.17) is 0 Å².